The van der Waals surface area contributed by atoms with Crippen LogP contribution in [0.4, 0.5) is 22.7 Å². The van der Waals surface area contributed by atoms with E-state index in [1.165, 1.54) is 13.2 Å². The summed E-state index contributed by atoms with van der Waals surface area (Å²) in [7, 11) is 1.36. The third-order valence-electron chi connectivity index (χ3n) is 5.77. The summed E-state index contributed by atoms with van der Waals surface area (Å²) in [5, 5.41) is 26.8. The van der Waals surface area contributed by atoms with Crippen molar-refractivity contribution < 1.29 is 24.4 Å². The summed E-state index contributed by atoms with van der Waals surface area (Å²) >= 11 is 0. The minimum atomic E-state index is -1.12. The van der Waals surface area contributed by atoms with Gasteiger partial charge in [0, 0.05) is 6.07 Å². The van der Waals surface area contributed by atoms with Crippen LogP contribution in [0.2, 0.25) is 0 Å². The Morgan fingerprint density at radius 3 is 2.33 bits per heavy atom. The zero-order valence-electron chi connectivity index (χ0n) is 18.1. The van der Waals surface area contributed by atoms with Crippen LogP contribution in [-0.2, 0) is 10.2 Å². The molecule has 1 heterocycles. The summed E-state index contributed by atoms with van der Waals surface area (Å²) in [6, 6.07) is 14.8. The number of rotatable bonds is 5. The molecule has 0 atom stereocenters. The van der Waals surface area contributed by atoms with Crippen LogP contribution in [0.5, 0.6) is 5.75 Å². The summed E-state index contributed by atoms with van der Waals surface area (Å²) < 4.78 is 5.16. The number of nitro groups is 1. The molecule has 3 N–H and O–H groups in total. The minimum Gasteiger partial charge on any atom is -0.490 e. The number of amides is 1. The number of nitrogens with one attached hydrogen (secondary N) is 2. The molecule has 3 aromatic rings. The van der Waals surface area contributed by atoms with Gasteiger partial charge in [0.25, 0.3) is 5.91 Å². The number of fused-ring (bicyclic) bond motifs is 2. The Labute approximate surface area is 189 Å². The summed E-state index contributed by atoms with van der Waals surface area (Å²) in [5.74, 6) is -1.15. The van der Waals surface area contributed by atoms with E-state index in [2.05, 4.69) is 10.6 Å². The topological polar surface area (TPSA) is 131 Å². The Balaban J connectivity index is 1.78. The molecule has 0 aliphatic carbocycles. The maximum absolute atomic E-state index is 12.8. The van der Waals surface area contributed by atoms with Gasteiger partial charge in [0.05, 0.1) is 40.1 Å². The van der Waals surface area contributed by atoms with E-state index in [1.807, 2.05) is 0 Å². The molecule has 33 heavy (non-hydrogen) atoms. The van der Waals surface area contributed by atoms with Crippen molar-refractivity contribution >= 4 is 34.6 Å². The van der Waals surface area contributed by atoms with E-state index in [9.17, 15) is 24.8 Å². The Morgan fingerprint density at radius 2 is 1.67 bits per heavy atom. The second-order valence-electron chi connectivity index (χ2n) is 8.17. The van der Waals surface area contributed by atoms with Crippen molar-refractivity contribution in [2.45, 2.75) is 19.3 Å². The molecule has 1 amide bonds. The second-order valence-corrected chi connectivity index (χ2v) is 8.17. The van der Waals surface area contributed by atoms with Gasteiger partial charge in [0.1, 0.15) is 0 Å². The largest absolute Gasteiger partial charge is 0.490 e. The molecule has 0 unspecified atom stereocenters. The summed E-state index contributed by atoms with van der Waals surface area (Å²) in [6.07, 6.45) is 0. The first-order valence-corrected chi connectivity index (χ1v) is 10.0. The van der Waals surface area contributed by atoms with Crippen molar-refractivity contribution in [1.82, 2.24) is 0 Å². The lowest BCUT2D eigenvalue weighted by Crippen LogP contribution is -2.28. The number of methoxy groups -OCH3 is 1. The van der Waals surface area contributed by atoms with Crippen LogP contribution in [0.1, 0.15) is 29.8 Å². The van der Waals surface area contributed by atoms with Crippen molar-refractivity contribution in [3.63, 3.8) is 0 Å². The van der Waals surface area contributed by atoms with Gasteiger partial charge in [-0.15, -0.1) is 0 Å². The first-order valence-electron chi connectivity index (χ1n) is 10.0. The van der Waals surface area contributed by atoms with Crippen molar-refractivity contribution in [3.8, 4) is 16.9 Å². The van der Waals surface area contributed by atoms with E-state index in [1.54, 1.807) is 62.4 Å². The van der Waals surface area contributed by atoms with E-state index in [4.69, 9.17) is 4.74 Å². The van der Waals surface area contributed by atoms with Gasteiger partial charge in [0.2, 0.25) is 0 Å². The maximum atomic E-state index is 12.8. The maximum Gasteiger partial charge on any atom is 0.313 e. The fourth-order valence-electron chi connectivity index (χ4n) is 3.64. The molecule has 4 rings (SSSR count). The zero-order valence-corrected chi connectivity index (χ0v) is 18.1. The predicted molar refractivity (Wildman–Crippen MR) is 123 cm³/mol. The summed E-state index contributed by atoms with van der Waals surface area (Å²) in [4.78, 5) is 35.1. The fraction of sp³-hybridized carbons (Fsp3) is 0.167. The predicted octanol–water partition coefficient (Wildman–Crippen LogP) is 4.94. The first-order chi connectivity index (χ1) is 15.6. The van der Waals surface area contributed by atoms with Crippen LogP contribution in [-0.4, -0.2) is 29.0 Å². The number of carboxylic acids is 1. The lowest BCUT2D eigenvalue weighted by molar-refractivity contribution is -0.385. The van der Waals surface area contributed by atoms with Crippen LogP contribution in [0, 0.1) is 10.1 Å². The van der Waals surface area contributed by atoms with Crippen molar-refractivity contribution in [3.05, 3.63) is 75.8 Å². The monoisotopic (exact) mass is 447 g/mol. The van der Waals surface area contributed by atoms with E-state index in [0.29, 0.717) is 39.3 Å². The molecular weight excluding hydrogens is 426 g/mol. The Kier molecular flexibility index (Phi) is 5.25. The average molecular weight is 447 g/mol. The molecule has 168 valence electrons. The normalized spacial score (nSPS) is 12.5. The van der Waals surface area contributed by atoms with Crippen LogP contribution in [0.3, 0.4) is 0 Å². The van der Waals surface area contributed by atoms with Gasteiger partial charge >= 0.3 is 11.7 Å². The average Bonchev–Trinajstić information content (AvgIpc) is 2.92. The van der Waals surface area contributed by atoms with Crippen LogP contribution in [0.25, 0.3) is 11.1 Å². The Morgan fingerprint density at radius 1 is 0.970 bits per heavy atom. The van der Waals surface area contributed by atoms with Crippen LogP contribution < -0.4 is 15.4 Å². The highest BCUT2D eigenvalue weighted by Gasteiger charge is 2.31. The third kappa shape index (κ3) is 3.84. The van der Waals surface area contributed by atoms with Crippen LogP contribution >= 0.6 is 0 Å². The van der Waals surface area contributed by atoms with Gasteiger partial charge in [-0.3, -0.25) is 19.7 Å². The van der Waals surface area contributed by atoms with Gasteiger partial charge in [-0.1, -0.05) is 12.1 Å². The molecular formula is C24H21N3O6. The quantitative estimate of drug-likeness (QED) is 0.373. The molecule has 0 saturated carbocycles. The third-order valence-corrected chi connectivity index (χ3v) is 5.77. The summed E-state index contributed by atoms with van der Waals surface area (Å²) in [6.45, 7) is 3.22. The molecule has 3 aromatic carbocycles. The smallest absolute Gasteiger partial charge is 0.313 e. The highest BCUT2D eigenvalue weighted by molar-refractivity contribution is 6.12. The van der Waals surface area contributed by atoms with Gasteiger partial charge in [-0.05, 0) is 66.9 Å². The number of carbonyl (C=O) groups excluding carboxylic acids is 1. The lowest BCUT2D eigenvalue weighted by Gasteiger charge is -2.21. The number of ether oxygens (including phenoxy) is 1. The number of carboxylic acid groups (broad SMARTS) is 1. The number of benzene rings is 3. The Bertz CT molecular complexity index is 1320. The molecule has 1 aliphatic rings. The van der Waals surface area contributed by atoms with Crippen molar-refractivity contribution in [2.24, 2.45) is 0 Å². The van der Waals surface area contributed by atoms with E-state index < -0.39 is 16.3 Å². The summed E-state index contributed by atoms with van der Waals surface area (Å²) in [5.41, 5.74) is 2.72. The van der Waals surface area contributed by atoms with Crippen LogP contribution in [0.15, 0.2) is 54.6 Å². The van der Waals surface area contributed by atoms with Gasteiger partial charge in [0.15, 0.2) is 5.75 Å². The number of carbonyl (C=O) groups is 2. The minimum absolute atomic E-state index is 0.129. The number of hydrogen-bond donors (Lipinski definition) is 3. The molecule has 9 heteroatoms. The number of aliphatic carboxylic acids is 1. The van der Waals surface area contributed by atoms with E-state index >= 15 is 0 Å². The number of hydrogen-bond acceptors (Lipinski definition) is 6. The SMILES string of the molecule is COc1cc(-c2ccc3c(c2)Nc2cc(C(C)(C)C(=O)O)ccc2NC3=O)ccc1[N+](=O)[O-]. The standard InChI is InChI=1S/C24H21N3O6/c1-24(2,23(29)30)15-6-8-17-19(12-15)25-18-10-13(4-7-16(18)22(28)26-17)14-5-9-20(27(31)32)21(11-14)33-3/h4-12,25H,1-3H3,(H,26,28)(H,29,30). The molecule has 0 spiro atoms. The van der Waals surface area contributed by atoms with Gasteiger partial charge in [-0.2, -0.15) is 0 Å². The number of nitro benzene ring substituents is 1. The molecule has 0 radical (unpaired) electrons. The Hall–Kier alpha value is -4.40. The number of anilines is 3. The molecule has 9 nitrogen and oxygen atoms in total. The molecule has 0 fully saturated rings. The zero-order chi connectivity index (χ0) is 23.9. The highest BCUT2D eigenvalue weighted by Crippen LogP contribution is 2.38. The molecule has 0 aromatic heterocycles. The molecule has 1 aliphatic heterocycles. The van der Waals surface area contributed by atoms with E-state index in [-0.39, 0.29) is 17.3 Å². The van der Waals surface area contributed by atoms with Crippen molar-refractivity contribution in [1.29, 1.82) is 0 Å². The van der Waals surface area contributed by atoms with E-state index in [0.717, 1.165) is 0 Å². The first kappa shape index (κ1) is 21.8. The molecule has 0 saturated heterocycles. The fourth-order valence-corrected chi connectivity index (χ4v) is 3.64. The van der Waals surface area contributed by atoms with Gasteiger partial charge in [-0.25, -0.2) is 0 Å². The number of nitrogens with zero attached hydrogens (tertiary/aromatic N) is 1. The molecule has 0 bridgehead atoms. The lowest BCUT2D eigenvalue weighted by atomic mass is 9.84. The van der Waals surface area contributed by atoms with Crippen molar-refractivity contribution in [2.75, 3.05) is 17.7 Å². The highest BCUT2D eigenvalue weighted by atomic mass is 16.6. The second kappa shape index (κ2) is 7.94. The van der Waals surface area contributed by atoms with Gasteiger partial charge < -0.3 is 20.5 Å².